The van der Waals surface area contributed by atoms with Crippen molar-refractivity contribution in [3.05, 3.63) is 58.7 Å². The molecule has 0 radical (unpaired) electrons. The number of aromatic nitrogens is 1. The van der Waals surface area contributed by atoms with Crippen molar-refractivity contribution in [2.45, 2.75) is 6.92 Å². The van der Waals surface area contributed by atoms with Crippen LogP contribution in [0.1, 0.15) is 5.69 Å². The van der Waals surface area contributed by atoms with E-state index in [2.05, 4.69) is 31.1 Å². The molecule has 0 aliphatic carbocycles. The number of hydrogen-bond acceptors (Lipinski definition) is 4. The van der Waals surface area contributed by atoms with Crippen LogP contribution in [0, 0.1) is 6.92 Å². The molecule has 0 saturated heterocycles. The largest absolute Gasteiger partial charge is 0.506 e. The first-order valence-corrected chi connectivity index (χ1v) is 7.20. The standard InChI is InChI=1S/C16H12BrN3O/c1-10-6-7-11-13(8-9-15(21)16(11)18-10)19-20-14-5-3-2-4-12(14)17/h2-9,21H,1H3. The Labute approximate surface area is 130 Å². The summed E-state index contributed by atoms with van der Waals surface area (Å²) in [4.78, 5) is 4.35. The second-order valence-corrected chi connectivity index (χ2v) is 5.46. The molecule has 3 aromatic rings. The Bertz CT molecular complexity index is 846. The van der Waals surface area contributed by atoms with Gasteiger partial charge in [0.05, 0.1) is 11.4 Å². The fourth-order valence-electron chi connectivity index (χ4n) is 2.01. The van der Waals surface area contributed by atoms with Gasteiger partial charge in [-0.3, -0.25) is 0 Å². The molecule has 1 aromatic heterocycles. The molecule has 0 bridgehead atoms. The zero-order valence-electron chi connectivity index (χ0n) is 11.3. The lowest BCUT2D eigenvalue weighted by Crippen LogP contribution is -1.84. The molecular formula is C16H12BrN3O. The first-order valence-electron chi connectivity index (χ1n) is 6.41. The predicted octanol–water partition coefficient (Wildman–Crippen LogP) is 5.43. The summed E-state index contributed by atoms with van der Waals surface area (Å²) in [5, 5.41) is 19.2. The molecule has 0 amide bonds. The van der Waals surface area contributed by atoms with Crippen LogP contribution in [0.15, 0.2) is 63.2 Å². The molecule has 0 aliphatic rings. The molecule has 0 fully saturated rings. The number of aromatic hydroxyl groups is 1. The second-order valence-electron chi connectivity index (χ2n) is 4.60. The van der Waals surface area contributed by atoms with Gasteiger partial charge in [0.1, 0.15) is 11.3 Å². The summed E-state index contributed by atoms with van der Waals surface area (Å²) >= 11 is 3.43. The normalized spacial score (nSPS) is 11.3. The highest BCUT2D eigenvalue weighted by Crippen LogP contribution is 2.33. The molecule has 4 nitrogen and oxygen atoms in total. The van der Waals surface area contributed by atoms with E-state index in [9.17, 15) is 5.11 Å². The Hall–Kier alpha value is -2.27. The molecule has 2 aromatic carbocycles. The van der Waals surface area contributed by atoms with Crippen LogP contribution in [0.25, 0.3) is 10.9 Å². The SMILES string of the molecule is Cc1ccc2c(N=Nc3ccccc3Br)ccc(O)c2n1. The maximum Gasteiger partial charge on any atom is 0.141 e. The third-order valence-electron chi connectivity index (χ3n) is 3.07. The van der Waals surface area contributed by atoms with Gasteiger partial charge in [0.15, 0.2) is 0 Å². The number of phenols is 1. The Kier molecular flexibility index (Phi) is 3.66. The van der Waals surface area contributed by atoms with Crippen LogP contribution in [0.3, 0.4) is 0 Å². The molecule has 0 aliphatic heterocycles. The number of phenolic OH excluding ortho intramolecular Hbond substituents is 1. The molecular weight excluding hydrogens is 330 g/mol. The quantitative estimate of drug-likeness (QED) is 0.632. The van der Waals surface area contributed by atoms with Gasteiger partial charge in [0.25, 0.3) is 0 Å². The Morgan fingerprint density at radius 2 is 1.71 bits per heavy atom. The van der Waals surface area contributed by atoms with Gasteiger partial charge >= 0.3 is 0 Å². The molecule has 0 saturated carbocycles. The fraction of sp³-hybridized carbons (Fsp3) is 0.0625. The third-order valence-corrected chi connectivity index (χ3v) is 3.74. The van der Waals surface area contributed by atoms with Gasteiger partial charge in [-0.25, -0.2) is 4.98 Å². The minimum atomic E-state index is 0.147. The van der Waals surface area contributed by atoms with E-state index in [1.165, 1.54) is 0 Å². The number of fused-ring (bicyclic) bond motifs is 1. The van der Waals surface area contributed by atoms with Crippen molar-refractivity contribution < 1.29 is 5.11 Å². The van der Waals surface area contributed by atoms with E-state index >= 15 is 0 Å². The van der Waals surface area contributed by atoms with Gasteiger partial charge in [-0.05, 0) is 59.3 Å². The fourth-order valence-corrected chi connectivity index (χ4v) is 2.38. The lowest BCUT2D eigenvalue weighted by molar-refractivity contribution is 0.480. The van der Waals surface area contributed by atoms with Crippen molar-refractivity contribution in [1.82, 2.24) is 4.98 Å². The highest BCUT2D eigenvalue weighted by Gasteiger charge is 2.07. The third kappa shape index (κ3) is 2.78. The molecule has 0 unspecified atom stereocenters. The van der Waals surface area contributed by atoms with E-state index in [-0.39, 0.29) is 5.75 Å². The minimum Gasteiger partial charge on any atom is -0.506 e. The first-order chi connectivity index (χ1) is 10.1. The summed E-state index contributed by atoms with van der Waals surface area (Å²) in [7, 11) is 0. The molecule has 1 heterocycles. The van der Waals surface area contributed by atoms with Gasteiger partial charge < -0.3 is 5.11 Å². The van der Waals surface area contributed by atoms with Gasteiger partial charge in [-0.1, -0.05) is 12.1 Å². The van der Waals surface area contributed by atoms with E-state index in [1.54, 1.807) is 12.1 Å². The van der Waals surface area contributed by atoms with Gasteiger partial charge in [0.2, 0.25) is 0 Å². The van der Waals surface area contributed by atoms with Crippen LogP contribution in [0.5, 0.6) is 5.75 Å². The first kappa shape index (κ1) is 13.7. The topological polar surface area (TPSA) is 57.8 Å². The Morgan fingerprint density at radius 1 is 0.952 bits per heavy atom. The summed E-state index contributed by atoms with van der Waals surface area (Å²) in [5.41, 5.74) is 2.81. The zero-order valence-corrected chi connectivity index (χ0v) is 12.9. The van der Waals surface area contributed by atoms with E-state index < -0.39 is 0 Å². The van der Waals surface area contributed by atoms with E-state index in [0.717, 1.165) is 21.2 Å². The molecule has 5 heteroatoms. The summed E-state index contributed by atoms with van der Waals surface area (Å²) in [6.45, 7) is 1.88. The number of halogens is 1. The second kappa shape index (κ2) is 5.61. The number of nitrogens with zero attached hydrogens (tertiary/aromatic N) is 3. The van der Waals surface area contributed by atoms with E-state index in [1.807, 2.05) is 43.3 Å². The molecule has 3 rings (SSSR count). The number of aryl methyl sites for hydroxylation is 1. The molecule has 21 heavy (non-hydrogen) atoms. The minimum absolute atomic E-state index is 0.147. The van der Waals surface area contributed by atoms with Crippen LogP contribution in [0.2, 0.25) is 0 Å². The summed E-state index contributed by atoms with van der Waals surface area (Å²) in [6.07, 6.45) is 0. The summed E-state index contributed by atoms with van der Waals surface area (Å²) in [5.74, 6) is 0.147. The Balaban J connectivity index is 2.10. The van der Waals surface area contributed by atoms with Crippen molar-refractivity contribution in [3.63, 3.8) is 0 Å². The molecule has 0 atom stereocenters. The lowest BCUT2D eigenvalue weighted by atomic mass is 10.1. The van der Waals surface area contributed by atoms with Crippen molar-refractivity contribution in [3.8, 4) is 5.75 Å². The number of hydrogen-bond donors (Lipinski definition) is 1. The van der Waals surface area contributed by atoms with Gasteiger partial charge in [0, 0.05) is 15.6 Å². The number of rotatable bonds is 2. The number of benzene rings is 2. The average molecular weight is 342 g/mol. The number of pyridine rings is 1. The van der Waals surface area contributed by atoms with Crippen molar-refractivity contribution in [2.24, 2.45) is 10.2 Å². The lowest BCUT2D eigenvalue weighted by Gasteiger charge is -2.04. The molecule has 0 spiro atoms. The van der Waals surface area contributed by atoms with Crippen LogP contribution in [-0.2, 0) is 0 Å². The maximum atomic E-state index is 9.91. The van der Waals surface area contributed by atoms with Crippen LogP contribution < -0.4 is 0 Å². The monoisotopic (exact) mass is 341 g/mol. The van der Waals surface area contributed by atoms with Crippen LogP contribution in [0.4, 0.5) is 11.4 Å². The average Bonchev–Trinajstić information content (AvgIpc) is 2.48. The Morgan fingerprint density at radius 3 is 2.52 bits per heavy atom. The molecule has 104 valence electrons. The van der Waals surface area contributed by atoms with Gasteiger partial charge in [-0.2, -0.15) is 0 Å². The van der Waals surface area contributed by atoms with E-state index in [0.29, 0.717) is 11.2 Å². The summed E-state index contributed by atoms with van der Waals surface area (Å²) < 4.78 is 0.880. The van der Waals surface area contributed by atoms with Crippen LogP contribution in [-0.4, -0.2) is 10.1 Å². The maximum absolute atomic E-state index is 9.91. The molecule has 1 N–H and O–H groups in total. The highest BCUT2D eigenvalue weighted by molar-refractivity contribution is 9.10. The summed E-state index contributed by atoms with van der Waals surface area (Å²) in [6, 6.07) is 14.7. The number of azo groups is 1. The smallest absolute Gasteiger partial charge is 0.141 e. The van der Waals surface area contributed by atoms with Crippen molar-refractivity contribution in [1.29, 1.82) is 0 Å². The van der Waals surface area contributed by atoms with E-state index in [4.69, 9.17) is 0 Å². The predicted molar refractivity (Wildman–Crippen MR) is 86.5 cm³/mol. The zero-order chi connectivity index (χ0) is 14.8. The van der Waals surface area contributed by atoms with Gasteiger partial charge in [-0.15, -0.1) is 10.2 Å². The van der Waals surface area contributed by atoms with Crippen LogP contribution >= 0.6 is 15.9 Å². The van der Waals surface area contributed by atoms with Crippen molar-refractivity contribution in [2.75, 3.05) is 0 Å². The highest BCUT2D eigenvalue weighted by atomic mass is 79.9. The van der Waals surface area contributed by atoms with Crippen molar-refractivity contribution >= 4 is 38.2 Å².